The van der Waals surface area contributed by atoms with Crippen molar-refractivity contribution >= 4 is 110 Å². The number of aliphatic carboxylic acids is 1. The fourth-order valence-electron chi connectivity index (χ4n) is 13.0. The highest BCUT2D eigenvalue weighted by atomic mass is 33.1. The Labute approximate surface area is 733 Å². The highest BCUT2D eigenvalue weighted by molar-refractivity contribution is 8.76. The standard InChI is InChI=1S/C74H106N18O18S2.2C5H13N/c1-9-11-15-22-77-60(96)33-78-61(97)34-79-64(100)50(23-40(3)4)88-73(109)63(42(7)10-2)91-70(106)55(28-47-32-76-39-81-47)85-71(107)57-36-111-112-37-58(90-68(104)54(27-46-31-75-38-80-46)84-66(102)52(82-43(8)93)25-44-16-13-12-14-17-44)74(110)92-35-49(95)29-59(92)72(108)87-53(26-45-18-20-48(94)21-19-45)67(103)86-56(30-62(98)99)69(105)83-51(24-41(5)6)65(101)89-57;2*1-2-3-4-5-6/h12-14,16-21,31-32,38-42,49-59,63,94-95H,9-11,15,22-30,33-37H2,1-8H3,(H,75,80)(H,76,81)(H,77,96)(H,78,97)(H,79,100)(H,82,93)(H,83,105)(H,84,102)(H,85,107)(H,86,103)(H,87,108)(H,88,109)(H,89,101)(H,90,104)(H,91,106)(H,98,99);2*2-6H2,1H3/t42?,49?,50-,51-,52-,53-,54-,55-,56-,57-,58-,59-,63-;;/m1../s1. The molecule has 4 aromatic rings. The molecule has 4 heterocycles. The number of hydrogen-bond acceptors (Lipinski definition) is 23. The van der Waals surface area contributed by atoms with Gasteiger partial charge in [0.1, 0.15) is 72.2 Å². The molecule has 0 saturated carbocycles. The van der Waals surface area contributed by atoms with Crippen LogP contribution >= 0.6 is 21.6 Å². The molecule has 0 spiro atoms. The molecule has 2 saturated heterocycles. The summed E-state index contributed by atoms with van der Waals surface area (Å²) in [6.45, 7) is 18.7. The number of carboxylic acid groups (broad SMARTS) is 1. The number of hydrogen-bond donors (Lipinski definition) is 20. The van der Waals surface area contributed by atoms with Crippen LogP contribution in [0.2, 0.25) is 0 Å². The molecule has 0 bridgehead atoms. The second-order valence-corrected chi connectivity index (χ2v) is 34.2. The highest BCUT2D eigenvalue weighted by Gasteiger charge is 2.45. The number of benzene rings is 2. The van der Waals surface area contributed by atoms with Crippen LogP contribution in [0.15, 0.2) is 79.6 Å². The third-order valence-electron chi connectivity index (χ3n) is 19.9. The summed E-state index contributed by atoms with van der Waals surface area (Å²) in [5.74, 6) is -16.3. The van der Waals surface area contributed by atoms with E-state index >= 15 is 24.0 Å². The molecule has 40 heteroatoms. The maximum absolute atomic E-state index is 15.5. The summed E-state index contributed by atoms with van der Waals surface area (Å²) >= 11 is 0. The van der Waals surface area contributed by atoms with Gasteiger partial charge in [0.2, 0.25) is 82.7 Å². The van der Waals surface area contributed by atoms with Crippen LogP contribution in [0.3, 0.4) is 0 Å². The zero-order valence-electron chi connectivity index (χ0n) is 72.8. The lowest BCUT2D eigenvalue weighted by Crippen LogP contribution is -2.62. The van der Waals surface area contributed by atoms with E-state index in [-0.39, 0.29) is 63.2 Å². The van der Waals surface area contributed by atoms with Crippen molar-refractivity contribution < 1.29 is 87.2 Å². The SMILES string of the molecule is CCCCCN.CCCCCN.CCCCCNC(=O)CNC(=O)CNC(=O)[C@@H](CC(C)C)NC(=O)[C@H](NC(=O)[C@@H](Cc1cnc[nH]1)NC(=O)[C@H]1CSSC[C@@H](NC(=O)[C@@H](Cc2cnc[nH]2)NC(=O)[C@@H](Cc2ccccc2)NC(C)=O)C(=O)N2CC(O)C[C@@H]2C(=O)N[C@H](Cc2ccc(O)cc2)C(=O)N[C@H](CC(=O)O)C(=O)N[C@H](CC(C)C)C(=O)N1)C(C)CC. The van der Waals surface area contributed by atoms with Crippen molar-refractivity contribution in [2.75, 3.05) is 50.8 Å². The number of nitrogens with two attached hydrogens (primary N) is 2. The van der Waals surface area contributed by atoms with E-state index in [4.69, 9.17) is 11.5 Å². The van der Waals surface area contributed by atoms with Gasteiger partial charge in [0.25, 0.3) is 0 Å². The van der Waals surface area contributed by atoms with Gasteiger partial charge in [-0.1, -0.05) is 171 Å². The number of nitrogens with one attached hydrogen (secondary N) is 15. The molecule has 2 aliphatic rings. The molecule has 14 amide bonds. The van der Waals surface area contributed by atoms with Crippen molar-refractivity contribution in [1.82, 2.24) is 94.0 Å². The number of carboxylic acids is 1. The van der Waals surface area contributed by atoms with Gasteiger partial charge in [0.15, 0.2) is 0 Å². The number of nitrogens with zero attached hydrogens (tertiary/aromatic N) is 3. The van der Waals surface area contributed by atoms with E-state index in [1.165, 1.54) is 94.8 Å². The Balaban J connectivity index is 0.00000250. The van der Waals surface area contributed by atoms with Gasteiger partial charge >= 0.3 is 5.97 Å². The zero-order valence-corrected chi connectivity index (χ0v) is 74.5. The number of aromatic amines is 2. The lowest BCUT2D eigenvalue weighted by molar-refractivity contribution is -0.142. The Kier molecular flexibility index (Phi) is 49.1. The smallest absolute Gasteiger partial charge is 0.305 e. The first-order chi connectivity index (χ1) is 59.1. The molecule has 2 unspecified atom stereocenters. The summed E-state index contributed by atoms with van der Waals surface area (Å²) < 4.78 is 0. The minimum Gasteiger partial charge on any atom is -0.508 e. The Morgan fingerprint density at radius 3 is 1.66 bits per heavy atom. The van der Waals surface area contributed by atoms with E-state index in [0.717, 1.165) is 58.8 Å². The quantitative estimate of drug-likeness (QED) is 0.0215. The lowest BCUT2D eigenvalue weighted by Gasteiger charge is -2.31. The van der Waals surface area contributed by atoms with Crippen molar-refractivity contribution in [1.29, 1.82) is 0 Å². The number of rotatable bonds is 42. The number of aromatic hydroxyl groups is 1. The molecule has 13 atom stereocenters. The molecule has 38 nitrogen and oxygen atoms in total. The molecule has 6 rings (SSSR count). The van der Waals surface area contributed by atoms with Crippen molar-refractivity contribution in [3.05, 3.63) is 102 Å². The second kappa shape index (κ2) is 57.7. The minimum atomic E-state index is -1.97. The number of carbonyl (C=O) groups excluding carboxylic acids is 14. The van der Waals surface area contributed by atoms with Crippen molar-refractivity contribution in [3.63, 3.8) is 0 Å². The van der Waals surface area contributed by atoms with Crippen LogP contribution in [0.5, 0.6) is 5.75 Å². The fourth-order valence-corrected chi connectivity index (χ4v) is 15.3. The number of H-pyrrole nitrogens is 2. The van der Waals surface area contributed by atoms with Gasteiger partial charge in [-0.25, -0.2) is 9.97 Å². The third-order valence-corrected chi connectivity index (χ3v) is 22.4. The summed E-state index contributed by atoms with van der Waals surface area (Å²) in [7, 11) is 1.72. The largest absolute Gasteiger partial charge is 0.508 e. The van der Waals surface area contributed by atoms with Crippen LogP contribution < -0.4 is 80.6 Å². The molecule has 22 N–H and O–H groups in total. The van der Waals surface area contributed by atoms with Gasteiger partial charge in [-0.2, -0.15) is 0 Å². The molecule has 688 valence electrons. The van der Waals surface area contributed by atoms with E-state index in [1.807, 2.05) is 6.92 Å². The van der Waals surface area contributed by atoms with Gasteiger partial charge in [0.05, 0.1) is 38.3 Å². The lowest BCUT2D eigenvalue weighted by atomic mass is 9.96. The number of unbranched alkanes of at least 4 members (excludes halogenated alkanes) is 6. The van der Waals surface area contributed by atoms with Crippen LogP contribution in [-0.2, 0) is 97.6 Å². The Morgan fingerprint density at radius 2 is 1.10 bits per heavy atom. The second-order valence-electron chi connectivity index (χ2n) is 31.6. The zero-order chi connectivity index (χ0) is 91.8. The maximum atomic E-state index is 15.5. The van der Waals surface area contributed by atoms with Gasteiger partial charge in [-0.05, 0) is 86.2 Å². The summed E-state index contributed by atoms with van der Waals surface area (Å²) in [5, 5.41) is 65.8. The van der Waals surface area contributed by atoms with E-state index in [1.54, 1.807) is 71.9 Å². The predicted octanol–water partition coefficient (Wildman–Crippen LogP) is 0.756. The van der Waals surface area contributed by atoms with Crippen LogP contribution in [0.25, 0.3) is 0 Å². The van der Waals surface area contributed by atoms with E-state index in [0.29, 0.717) is 29.1 Å². The number of amides is 14. The Morgan fingerprint density at radius 1 is 0.565 bits per heavy atom. The first kappa shape index (κ1) is 106. The minimum absolute atomic E-state index is 0.0129. The van der Waals surface area contributed by atoms with Crippen LogP contribution in [0.4, 0.5) is 0 Å². The molecule has 0 aliphatic carbocycles. The first-order valence-electron chi connectivity index (χ1n) is 42.6. The van der Waals surface area contributed by atoms with E-state index in [9.17, 15) is 63.3 Å². The summed E-state index contributed by atoms with van der Waals surface area (Å²) in [6, 6.07) is -3.15. The van der Waals surface area contributed by atoms with Crippen LogP contribution in [-0.4, -0.2) is 252 Å². The van der Waals surface area contributed by atoms with Gasteiger partial charge in [-0.3, -0.25) is 71.9 Å². The number of phenols is 1. The molecule has 2 aromatic carbocycles. The normalized spacial score (nSPS) is 19.1. The number of fused-ring (bicyclic) bond motifs is 1. The fraction of sp³-hybridized carbons (Fsp3) is 0.607. The number of carbonyl (C=O) groups is 15. The first-order valence-corrected chi connectivity index (χ1v) is 45.1. The summed E-state index contributed by atoms with van der Waals surface area (Å²) in [6.07, 6.45) is 11.8. The molecule has 2 aromatic heterocycles. The molecule has 124 heavy (non-hydrogen) atoms. The maximum Gasteiger partial charge on any atom is 0.305 e. The summed E-state index contributed by atoms with van der Waals surface area (Å²) in [4.78, 5) is 228. The molecule has 2 aliphatic heterocycles. The van der Waals surface area contributed by atoms with Crippen LogP contribution in [0, 0.1) is 17.8 Å². The number of phenolic OH excluding ortho intramolecular Hbond substituents is 1. The van der Waals surface area contributed by atoms with Gasteiger partial charge < -0.3 is 111 Å². The van der Waals surface area contributed by atoms with Crippen molar-refractivity contribution in [2.24, 2.45) is 29.2 Å². The van der Waals surface area contributed by atoms with Gasteiger partial charge in [0, 0.05) is 87.4 Å². The highest BCUT2D eigenvalue weighted by Crippen LogP contribution is 2.28. The molecule has 2 fully saturated rings. The van der Waals surface area contributed by atoms with Crippen molar-refractivity contribution in [2.45, 2.75) is 257 Å². The van der Waals surface area contributed by atoms with E-state index in [2.05, 4.69) is 103 Å². The average molecular weight is 1770 g/mol. The average Bonchev–Trinajstić information content (AvgIpc) is 1.63. The Hall–Kier alpha value is -10.7. The van der Waals surface area contributed by atoms with Crippen LogP contribution in [0.1, 0.15) is 182 Å². The number of aliphatic hydroxyl groups excluding tert-OH is 1. The van der Waals surface area contributed by atoms with Gasteiger partial charge in [-0.15, -0.1) is 0 Å². The summed E-state index contributed by atoms with van der Waals surface area (Å²) in [5.41, 5.74) is 12.0. The number of imidazole rings is 2. The molecular weight excluding hydrogens is 1640 g/mol. The monoisotopic (exact) mass is 1770 g/mol. The third kappa shape index (κ3) is 39.9. The number of aromatic nitrogens is 4. The molecular formula is C84H132N20O18S2. The van der Waals surface area contributed by atoms with Crippen molar-refractivity contribution in [3.8, 4) is 5.75 Å². The molecule has 0 radical (unpaired) electrons. The predicted molar refractivity (Wildman–Crippen MR) is 469 cm³/mol. The topological polar surface area (TPSA) is 586 Å². The Bertz CT molecular complexity index is 3980. The van der Waals surface area contributed by atoms with E-state index < -0.39 is 211 Å². The number of aliphatic hydroxyl groups is 1.